The number of nitrogens with zero attached hydrogens (tertiary/aromatic N) is 1. The highest BCUT2D eigenvalue weighted by atomic mass is 16.5. The molecule has 4 heteroatoms. The van der Waals surface area contributed by atoms with Crippen molar-refractivity contribution >= 4 is 12.1 Å². The lowest BCUT2D eigenvalue weighted by molar-refractivity contribution is -0.120. The molecule has 22 heavy (non-hydrogen) atoms. The minimum absolute atomic E-state index is 0.134. The summed E-state index contributed by atoms with van der Waals surface area (Å²) in [5, 5.41) is 3.96. The number of carbonyl (C=O) groups excluding carboxylic acids is 1. The Morgan fingerprint density at radius 1 is 1.14 bits per heavy atom. The smallest absolute Gasteiger partial charge is 0.244 e. The molecule has 0 heterocycles. The highest BCUT2D eigenvalue weighted by molar-refractivity contribution is 5.83. The highest BCUT2D eigenvalue weighted by Crippen LogP contribution is 2.11. The molecule has 0 fully saturated rings. The van der Waals surface area contributed by atoms with Gasteiger partial charge >= 0.3 is 0 Å². The lowest BCUT2D eigenvalue weighted by atomic mass is 10.1. The van der Waals surface area contributed by atoms with Gasteiger partial charge in [0.2, 0.25) is 5.91 Å². The van der Waals surface area contributed by atoms with Crippen molar-refractivity contribution in [3.8, 4) is 5.75 Å². The number of hydrogen-bond acceptors (Lipinski definition) is 3. The van der Waals surface area contributed by atoms with Crippen molar-refractivity contribution in [2.45, 2.75) is 19.8 Å². The minimum atomic E-state index is -0.134. The Labute approximate surface area is 130 Å². The van der Waals surface area contributed by atoms with Crippen LogP contribution in [0.1, 0.15) is 24.5 Å². The average molecular weight is 296 g/mol. The van der Waals surface area contributed by atoms with Crippen LogP contribution >= 0.6 is 0 Å². The number of carbonyl (C=O) groups is 1. The van der Waals surface area contributed by atoms with Gasteiger partial charge in [-0.3, -0.25) is 4.79 Å². The van der Waals surface area contributed by atoms with Crippen LogP contribution in [0.2, 0.25) is 0 Å². The van der Waals surface area contributed by atoms with Crippen molar-refractivity contribution in [1.29, 1.82) is 0 Å². The third-order valence-electron chi connectivity index (χ3n) is 2.96. The van der Waals surface area contributed by atoms with E-state index in [0.29, 0.717) is 13.0 Å². The van der Waals surface area contributed by atoms with Gasteiger partial charge < -0.3 is 4.74 Å². The first-order chi connectivity index (χ1) is 10.8. The normalized spacial score (nSPS) is 10.6. The molecule has 4 nitrogen and oxygen atoms in total. The van der Waals surface area contributed by atoms with E-state index in [1.165, 1.54) is 0 Å². The second-order valence-electron chi connectivity index (χ2n) is 4.87. The van der Waals surface area contributed by atoms with Gasteiger partial charge in [-0.25, -0.2) is 5.43 Å². The van der Waals surface area contributed by atoms with Gasteiger partial charge in [0.1, 0.15) is 5.75 Å². The topological polar surface area (TPSA) is 50.7 Å². The third kappa shape index (κ3) is 5.40. The van der Waals surface area contributed by atoms with Crippen LogP contribution in [0.25, 0.3) is 0 Å². The van der Waals surface area contributed by atoms with Crippen molar-refractivity contribution in [2.75, 3.05) is 6.61 Å². The van der Waals surface area contributed by atoms with Crippen molar-refractivity contribution in [2.24, 2.45) is 5.10 Å². The van der Waals surface area contributed by atoms with Gasteiger partial charge in [-0.2, -0.15) is 5.10 Å². The molecule has 0 atom stereocenters. The predicted molar refractivity (Wildman–Crippen MR) is 88.1 cm³/mol. The lowest BCUT2D eigenvalue weighted by Gasteiger charge is -2.04. The van der Waals surface area contributed by atoms with Crippen LogP contribution in [-0.4, -0.2) is 18.7 Å². The predicted octanol–water partition coefficient (Wildman–Crippen LogP) is 3.17. The Morgan fingerprint density at radius 3 is 2.55 bits per heavy atom. The zero-order valence-electron chi connectivity index (χ0n) is 12.7. The molecule has 114 valence electrons. The number of amides is 1. The fraction of sp³-hybridized carbons (Fsp3) is 0.222. The monoisotopic (exact) mass is 296 g/mol. The van der Waals surface area contributed by atoms with Crippen LogP contribution in [0.5, 0.6) is 5.75 Å². The highest BCUT2D eigenvalue weighted by Gasteiger charge is 2.00. The molecule has 2 aromatic carbocycles. The van der Waals surface area contributed by atoms with Gasteiger partial charge in [0.15, 0.2) is 0 Å². The summed E-state index contributed by atoms with van der Waals surface area (Å²) in [5.41, 5.74) is 4.40. The van der Waals surface area contributed by atoms with Gasteiger partial charge in [-0.1, -0.05) is 37.3 Å². The molecule has 0 radical (unpaired) electrons. The fourth-order valence-corrected chi connectivity index (χ4v) is 1.87. The molecule has 1 N–H and O–H groups in total. The summed E-state index contributed by atoms with van der Waals surface area (Å²) in [5.74, 6) is 0.706. The number of hydrazone groups is 1. The Bertz CT molecular complexity index is 607. The zero-order chi connectivity index (χ0) is 15.6. The molecule has 0 unspecified atom stereocenters. The van der Waals surface area contributed by atoms with Crippen LogP contribution in [0.15, 0.2) is 59.7 Å². The molecular weight excluding hydrogens is 276 g/mol. The van der Waals surface area contributed by atoms with Gasteiger partial charge in [0.25, 0.3) is 0 Å². The van der Waals surface area contributed by atoms with Crippen molar-refractivity contribution in [1.82, 2.24) is 5.43 Å². The first-order valence-corrected chi connectivity index (χ1v) is 7.36. The maximum atomic E-state index is 11.7. The maximum absolute atomic E-state index is 11.7. The van der Waals surface area contributed by atoms with E-state index in [2.05, 4.69) is 17.5 Å². The van der Waals surface area contributed by atoms with Crippen LogP contribution in [-0.2, 0) is 11.2 Å². The van der Waals surface area contributed by atoms with E-state index in [9.17, 15) is 4.79 Å². The van der Waals surface area contributed by atoms with Crippen LogP contribution < -0.4 is 10.2 Å². The molecule has 2 aromatic rings. The van der Waals surface area contributed by atoms with E-state index in [1.54, 1.807) is 6.21 Å². The summed E-state index contributed by atoms with van der Waals surface area (Å²) >= 11 is 0. The Hall–Kier alpha value is -2.62. The van der Waals surface area contributed by atoms with Crippen LogP contribution in [0.3, 0.4) is 0 Å². The maximum Gasteiger partial charge on any atom is 0.244 e. The third-order valence-corrected chi connectivity index (χ3v) is 2.96. The van der Waals surface area contributed by atoms with Crippen LogP contribution in [0.4, 0.5) is 0 Å². The Balaban J connectivity index is 1.80. The van der Waals surface area contributed by atoms with Gasteiger partial charge in [-0.15, -0.1) is 0 Å². The summed E-state index contributed by atoms with van der Waals surface area (Å²) in [6.45, 7) is 2.78. The second kappa shape index (κ2) is 8.62. The molecule has 0 aromatic heterocycles. The largest absolute Gasteiger partial charge is 0.494 e. The summed E-state index contributed by atoms with van der Waals surface area (Å²) in [4.78, 5) is 11.7. The standard InChI is InChI=1S/C18H20N2O2/c1-2-12-22-17-10-8-16(9-11-17)14-19-20-18(21)13-15-6-4-3-5-7-15/h3-11,14H,2,12-13H2,1H3,(H,20,21). The number of rotatable bonds is 7. The number of ether oxygens (including phenoxy) is 1. The zero-order valence-corrected chi connectivity index (χ0v) is 12.7. The first-order valence-electron chi connectivity index (χ1n) is 7.36. The number of hydrogen-bond donors (Lipinski definition) is 1. The van der Waals surface area contributed by atoms with E-state index >= 15 is 0 Å². The van der Waals surface area contributed by atoms with Crippen molar-refractivity contribution in [3.63, 3.8) is 0 Å². The number of nitrogens with one attached hydrogen (secondary N) is 1. The van der Waals surface area contributed by atoms with Gasteiger partial charge in [0.05, 0.1) is 19.2 Å². The molecule has 0 saturated carbocycles. The van der Waals surface area contributed by atoms with Crippen LogP contribution in [0, 0.1) is 0 Å². The molecule has 0 saturated heterocycles. The van der Waals surface area contributed by atoms with Crippen molar-refractivity contribution in [3.05, 3.63) is 65.7 Å². The SMILES string of the molecule is CCCOc1ccc(C=NNC(=O)Cc2ccccc2)cc1. The summed E-state index contributed by atoms with van der Waals surface area (Å²) < 4.78 is 5.50. The molecular formula is C18H20N2O2. The summed E-state index contributed by atoms with van der Waals surface area (Å²) in [6.07, 6.45) is 2.92. The van der Waals surface area contributed by atoms with E-state index in [1.807, 2.05) is 54.6 Å². The first kappa shape index (κ1) is 15.8. The van der Waals surface area contributed by atoms with E-state index < -0.39 is 0 Å². The molecule has 0 aliphatic heterocycles. The van der Waals surface area contributed by atoms with Gasteiger partial charge in [-0.05, 0) is 41.8 Å². The molecule has 0 bridgehead atoms. The summed E-state index contributed by atoms with van der Waals surface area (Å²) in [7, 11) is 0. The Kier molecular flexibility index (Phi) is 6.18. The van der Waals surface area contributed by atoms with E-state index in [0.717, 1.165) is 23.3 Å². The Morgan fingerprint density at radius 2 is 1.86 bits per heavy atom. The van der Waals surface area contributed by atoms with E-state index in [4.69, 9.17) is 4.74 Å². The second-order valence-corrected chi connectivity index (χ2v) is 4.87. The molecule has 0 aliphatic carbocycles. The molecule has 0 aliphatic rings. The lowest BCUT2D eigenvalue weighted by Crippen LogP contribution is -2.19. The van der Waals surface area contributed by atoms with Gasteiger partial charge in [0, 0.05) is 0 Å². The molecule has 0 spiro atoms. The van der Waals surface area contributed by atoms with Crippen molar-refractivity contribution < 1.29 is 9.53 Å². The summed E-state index contributed by atoms with van der Waals surface area (Å²) in [6, 6.07) is 17.2. The van der Waals surface area contributed by atoms with E-state index in [-0.39, 0.29) is 5.91 Å². The fourth-order valence-electron chi connectivity index (χ4n) is 1.87. The average Bonchev–Trinajstić information content (AvgIpc) is 2.55. The minimum Gasteiger partial charge on any atom is -0.494 e. The number of benzene rings is 2. The quantitative estimate of drug-likeness (QED) is 0.630. The molecule has 2 rings (SSSR count). The molecule has 1 amide bonds.